The number of amides is 2. The van der Waals surface area contributed by atoms with E-state index < -0.39 is 23.8 Å². The molecule has 2 rings (SSSR count). The van der Waals surface area contributed by atoms with Gasteiger partial charge in [-0.05, 0) is 64.2 Å². The number of likely N-dealkylation sites (tertiary alicyclic amines) is 1. The van der Waals surface area contributed by atoms with Gasteiger partial charge in [-0.1, -0.05) is 24.8 Å². The van der Waals surface area contributed by atoms with Gasteiger partial charge in [0.05, 0.1) is 6.61 Å². The number of carbonyl (C=O) groups excluding carboxylic acids is 3. The molecule has 0 unspecified atom stereocenters. The number of carbonyl (C=O) groups is 3. The summed E-state index contributed by atoms with van der Waals surface area (Å²) in [7, 11) is 0. The second-order valence-electron chi connectivity index (χ2n) is 8.31. The van der Waals surface area contributed by atoms with Gasteiger partial charge in [0.25, 0.3) is 0 Å². The van der Waals surface area contributed by atoms with Gasteiger partial charge in [-0.15, -0.1) is 0 Å². The maximum absolute atomic E-state index is 12.4. The zero-order chi connectivity index (χ0) is 22.9. The number of nitrogens with one attached hydrogen (secondary N) is 1. The molecule has 0 spiro atoms. The monoisotopic (exact) mass is 432 g/mol. The highest BCUT2D eigenvalue weighted by atomic mass is 16.6. The predicted molar refractivity (Wildman–Crippen MR) is 117 cm³/mol. The molecule has 8 heteroatoms. The summed E-state index contributed by atoms with van der Waals surface area (Å²) in [6.45, 7) is 9.79. The van der Waals surface area contributed by atoms with E-state index >= 15 is 0 Å². The Morgan fingerprint density at radius 3 is 2.55 bits per heavy atom. The molecule has 2 amide bonds. The lowest BCUT2D eigenvalue weighted by molar-refractivity contribution is -0.148. The van der Waals surface area contributed by atoms with E-state index in [4.69, 9.17) is 14.2 Å². The van der Waals surface area contributed by atoms with Crippen molar-refractivity contribution >= 4 is 23.8 Å². The number of nitrogens with zero attached hydrogens (tertiary/aromatic N) is 1. The first kappa shape index (κ1) is 24.2. The quantitative estimate of drug-likeness (QED) is 0.285. The molecule has 1 aromatic rings. The molecule has 0 aromatic heterocycles. The normalized spacial score (nSPS) is 15.8. The molecule has 170 valence electrons. The number of hydrogen-bond donors (Lipinski definition) is 1. The van der Waals surface area contributed by atoms with Crippen LogP contribution < -0.4 is 5.32 Å². The van der Waals surface area contributed by atoms with Gasteiger partial charge in [0.15, 0.2) is 0 Å². The molecule has 1 fully saturated rings. The molecular formula is C23H32N2O6. The van der Waals surface area contributed by atoms with Crippen LogP contribution in [0.25, 0.3) is 0 Å². The predicted octanol–water partition coefficient (Wildman–Crippen LogP) is 4.30. The third-order valence-electron chi connectivity index (χ3n) is 4.54. The summed E-state index contributed by atoms with van der Waals surface area (Å²) in [6, 6.07) is 6.78. The molecule has 0 saturated carbocycles. The van der Waals surface area contributed by atoms with Crippen molar-refractivity contribution in [2.45, 2.75) is 58.1 Å². The molecule has 1 aromatic carbocycles. The molecule has 8 nitrogen and oxygen atoms in total. The van der Waals surface area contributed by atoms with Crippen LogP contribution in [0.15, 0.2) is 36.9 Å². The Hall–Kier alpha value is -3.03. The van der Waals surface area contributed by atoms with E-state index in [2.05, 4.69) is 11.9 Å². The smallest absolute Gasteiger partial charge is 0.411 e. The molecule has 1 aliphatic rings. The lowest BCUT2D eigenvalue weighted by Gasteiger charge is -2.27. The average molecular weight is 433 g/mol. The number of anilines is 1. The fraction of sp³-hybridized carbons (Fsp3) is 0.522. The van der Waals surface area contributed by atoms with Crippen LogP contribution in [0.2, 0.25) is 0 Å². The third-order valence-corrected chi connectivity index (χ3v) is 4.54. The minimum Gasteiger partial charge on any atom is -0.464 e. The fourth-order valence-electron chi connectivity index (χ4n) is 3.14. The van der Waals surface area contributed by atoms with E-state index in [1.165, 1.54) is 11.0 Å². The van der Waals surface area contributed by atoms with Crippen molar-refractivity contribution in [1.29, 1.82) is 0 Å². The van der Waals surface area contributed by atoms with E-state index in [1.807, 2.05) is 12.1 Å². The first-order valence-electron chi connectivity index (χ1n) is 10.5. The SMILES string of the molecule is C=CCOC(=O)Nc1ccc(CCCOC(=O)[C@@H]2CCCN2C(=O)OC(C)(C)C)cc1. The van der Waals surface area contributed by atoms with Crippen LogP contribution in [-0.2, 0) is 25.4 Å². The van der Waals surface area contributed by atoms with Gasteiger partial charge in [-0.3, -0.25) is 10.2 Å². The zero-order valence-electron chi connectivity index (χ0n) is 18.5. The molecule has 1 saturated heterocycles. The number of ether oxygens (including phenoxy) is 3. The fourth-order valence-corrected chi connectivity index (χ4v) is 3.14. The van der Waals surface area contributed by atoms with Gasteiger partial charge in [0.2, 0.25) is 0 Å². The number of aryl methyl sites for hydroxylation is 1. The molecular weight excluding hydrogens is 400 g/mol. The number of rotatable bonds is 8. The van der Waals surface area contributed by atoms with Crippen LogP contribution in [0.4, 0.5) is 15.3 Å². The van der Waals surface area contributed by atoms with Gasteiger partial charge >= 0.3 is 18.2 Å². The Labute approximate surface area is 183 Å². The molecule has 1 atom stereocenters. The van der Waals surface area contributed by atoms with Gasteiger partial charge in [-0.25, -0.2) is 14.4 Å². The summed E-state index contributed by atoms with van der Waals surface area (Å²) in [4.78, 5) is 37.7. The molecule has 1 heterocycles. The van der Waals surface area contributed by atoms with Crippen LogP contribution in [0.5, 0.6) is 0 Å². The number of hydrogen-bond acceptors (Lipinski definition) is 6. The summed E-state index contributed by atoms with van der Waals surface area (Å²) in [6.07, 6.45) is 3.19. The van der Waals surface area contributed by atoms with Crippen LogP contribution in [0, 0.1) is 0 Å². The minimum absolute atomic E-state index is 0.152. The van der Waals surface area contributed by atoms with Gasteiger partial charge in [-0.2, -0.15) is 0 Å². The van der Waals surface area contributed by atoms with E-state index in [1.54, 1.807) is 32.9 Å². The largest absolute Gasteiger partial charge is 0.464 e. The third kappa shape index (κ3) is 8.32. The molecule has 0 aliphatic carbocycles. The lowest BCUT2D eigenvalue weighted by Crippen LogP contribution is -2.44. The van der Waals surface area contributed by atoms with E-state index in [0.29, 0.717) is 25.1 Å². The second kappa shape index (κ2) is 11.4. The van der Waals surface area contributed by atoms with Crippen LogP contribution in [0.3, 0.4) is 0 Å². The lowest BCUT2D eigenvalue weighted by atomic mass is 10.1. The van der Waals surface area contributed by atoms with Crippen molar-refractivity contribution < 1.29 is 28.6 Å². The minimum atomic E-state index is -0.606. The Morgan fingerprint density at radius 2 is 1.90 bits per heavy atom. The molecule has 0 radical (unpaired) electrons. The highest BCUT2D eigenvalue weighted by Gasteiger charge is 2.37. The standard InChI is InChI=1S/C23H32N2O6/c1-5-15-30-21(27)24-18-12-10-17(11-13-18)8-7-16-29-20(26)19-9-6-14-25(19)22(28)31-23(2,3)4/h5,10-13,19H,1,6-9,14-16H2,2-4H3,(H,24,27)/t19-/m0/s1. The Kier molecular flexibility index (Phi) is 8.90. The highest BCUT2D eigenvalue weighted by Crippen LogP contribution is 2.22. The van der Waals surface area contributed by atoms with Crippen molar-refractivity contribution in [3.05, 3.63) is 42.5 Å². The maximum Gasteiger partial charge on any atom is 0.411 e. The first-order chi connectivity index (χ1) is 14.7. The van der Waals surface area contributed by atoms with Crippen molar-refractivity contribution in [3.63, 3.8) is 0 Å². The summed E-state index contributed by atoms with van der Waals surface area (Å²) >= 11 is 0. The second-order valence-corrected chi connectivity index (χ2v) is 8.31. The van der Waals surface area contributed by atoms with Crippen molar-refractivity contribution in [2.75, 3.05) is 25.1 Å². The highest BCUT2D eigenvalue weighted by molar-refractivity contribution is 5.84. The van der Waals surface area contributed by atoms with Crippen LogP contribution in [-0.4, -0.2) is 54.5 Å². The summed E-state index contributed by atoms with van der Waals surface area (Å²) in [5.41, 5.74) is 1.08. The topological polar surface area (TPSA) is 94.2 Å². The van der Waals surface area contributed by atoms with Gasteiger partial charge in [0.1, 0.15) is 18.2 Å². The van der Waals surface area contributed by atoms with Crippen molar-refractivity contribution in [3.8, 4) is 0 Å². The van der Waals surface area contributed by atoms with Crippen LogP contribution >= 0.6 is 0 Å². The summed E-state index contributed by atoms with van der Waals surface area (Å²) in [5.74, 6) is -0.388. The van der Waals surface area contributed by atoms with E-state index in [0.717, 1.165) is 18.4 Å². The summed E-state index contributed by atoms with van der Waals surface area (Å²) in [5, 5.41) is 2.62. The molecule has 0 bridgehead atoms. The molecule has 1 N–H and O–H groups in total. The Morgan fingerprint density at radius 1 is 1.19 bits per heavy atom. The summed E-state index contributed by atoms with van der Waals surface area (Å²) < 4.78 is 15.6. The number of benzene rings is 1. The van der Waals surface area contributed by atoms with Crippen LogP contribution in [0.1, 0.15) is 45.6 Å². The number of esters is 1. The van der Waals surface area contributed by atoms with Gasteiger partial charge in [0, 0.05) is 12.2 Å². The first-order valence-corrected chi connectivity index (χ1v) is 10.5. The van der Waals surface area contributed by atoms with Crippen molar-refractivity contribution in [1.82, 2.24) is 4.90 Å². The Bertz CT molecular complexity index is 769. The van der Waals surface area contributed by atoms with Crippen molar-refractivity contribution in [2.24, 2.45) is 0 Å². The zero-order valence-corrected chi connectivity index (χ0v) is 18.5. The van der Waals surface area contributed by atoms with Gasteiger partial charge < -0.3 is 14.2 Å². The molecule has 31 heavy (non-hydrogen) atoms. The maximum atomic E-state index is 12.4. The molecule has 1 aliphatic heterocycles. The van der Waals surface area contributed by atoms with E-state index in [9.17, 15) is 14.4 Å². The van der Waals surface area contributed by atoms with E-state index in [-0.39, 0.29) is 19.2 Å². The Balaban J connectivity index is 1.73. The average Bonchev–Trinajstić information content (AvgIpc) is 3.20.